The van der Waals surface area contributed by atoms with Gasteiger partial charge in [-0.2, -0.15) is 4.31 Å². The van der Waals surface area contributed by atoms with E-state index in [9.17, 15) is 13.2 Å². The van der Waals surface area contributed by atoms with Crippen LogP contribution in [0.15, 0.2) is 23.2 Å². The molecule has 0 unspecified atom stereocenters. The zero-order valence-electron chi connectivity index (χ0n) is 18.8. The van der Waals surface area contributed by atoms with Crippen LogP contribution in [-0.4, -0.2) is 71.4 Å². The highest BCUT2D eigenvalue weighted by Gasteiger charge is 2.30. The second kappa shape index (κ2) is 8.95. The maximum atomic E-state index is 12.9. The fourth-order valence-corrected chi connectivity index (χ4v) is 5.71. The molecule has 2 aliphatic rings. The number of morpholine rings is 1. The van der Waals surface area contributed by atoms with Crippen molar-refractivity contribution < 1.29 is 22.7 Å². The Morgan fingerprint density at radius 2 is 1.97 bits per heavy atom. The van der Waals surface area contributed by atoms with E-state index in [1.165, 1.54) is 4.31 Å². The molecule has 1 aliphatic heterocycles. The molecule has 3 heterocycles. The summed E-state index contributed by atoms with van der Waals surface area (Å²) in [6.45, 7) is 7.01. The van der Waals surface area contributed by atoms with Crippen LogP contribution in [0.4, 0.5) is 4.79 Å². The third-order valence-electron chi connectivity index (χ3n) is 5.78. The van der Waals surface area contributed by atoms with Gasteiger partial charge in [-0.1, -0.05) is 6.42 Å². The van der Waals surface area contributed by atoms with Crippen LogP contribution in [0.25, 0.3) is 5.65 Å². The molecule has 0 bridgehead atoms. The van der Waals surface area contributed by atoms with Crippen molar-refractivity contribution in [2.45, 2.75) is 68.9 Å². The lowest BCUT2D eigenvalue weighted by atomic mass is 9.85. The summed E-state index contributed by atoms with van der Waals surface area (Å²) in [5.74, 6) is 0.895. The summed E-state index contributed by atoms with van der Waals surface area (Å²) in [5, 5.41) is 11.6. The Morgan fingerprint density at radius 1 is 1.22 bits per heavy atom. The molecule has 1 saturated carbocycles. The summed E-state index contributed by atoms with van der Waals surface area (Å²) in [5.41, 5.74) is -0.0442. The van der Waals surface area contributed by atoms with Gasteiger partial charge in [0.2, 0.25) is 10.0 Å². The number of amides is 1. The molecule has 0 radical (unpaired) electrons. The van der Waals surface area contributed by atoms with Crippen molar-refractivity contribution in [1.29, 1.82) is 0 Å². The maximum absolute atomic E-state index is 12.9. The third kappa shape index (κ3) is 5.05. The average molecular weight is 466 g/mol. The number of rotatable bonds is 4. The molecule has 11 heteroatoms. The molecule has 1 saturated heterocycles. The van der Waals surface area contributed by atoms with Crippen molar-refractivity contribution in [3.05, 3.63) is 24.2 Å². The van der Waals surface area contributed by atoms with Gasteiger partial charge in [-0.15, -0.1) is 10.2 Å². The van der Waals surface area contributed by atoms with Crippen molar-refractivity contribution in [1.82, 2.24) is 24.2 Å². The summed E-state index contributed by atoms with van der Waals surface area (Å²) < 4.78 is 39.8. The second-order valence-corrected chi connectivity index (χ2v) is 11.3. The number of aromatic nitrogens is 3. The number of carbonyl (C=O) groups excluding carboxylic acids is 1. The minimum absolute atomic E-state index is 0.00285. The lowest BCUT2D eigenvalue weighted by molar-refractivity contribution is 0.0490. The van der Waals surface area contributed by atoms with Crippen LogP contribution in [0, 0.1) is 0 Å². The molecule has 0 aromatic carbocycles. The monoisotopic (exact) mass is 465 g/mol. The molecule has 1 aliphatic carbocycles. The van der Waals surface area contributed by atoms with Crippen LogP contribution in [0.3, 0.4) is 0 Å². The molecule has 4 rings (SSSR count). The van der Waals surface area contributed by atoms with Crippen molar-refractivity contribution in [2.24, 2.45) is 0 Å². The van der Waals surface area contributed by atoms with Crippen LogP contribution in [0.1, 0.15) is 58.2 Å². The topological polar surface area (TPSA) is 115 Å². The number of nitrogens with one attached hydrogen (secondary N) is 1. The number of alkyl carbamates (subject to hydrolysis) is 1. The predicted octanol–water partition coefficient (Wildman–Crippen LogP) is 2.30. The number of carbonyl (C=O) groups is 1. The number of sulfonamides is 1. The largest absolute Gasteiger partial charge is 0.444 e. The van der Waals surface area contributed by atoms with Crippen LogP contribution in [-0.2, 0) is 19.5 Å². The van der Waals surface area contributed by atoms with E-state index in [0.29, 0.717) is 32.0 Å². The van der Waals surface area contributed by atoms with E-state index in [2.05, 4.69) is 15.5 Å². The van der Waals surface area contributed by atoms with Gasteiger partial charge in [-0.25, -0.2) is 13.2 Å². The van der Waals surface area contributed by atoms with E-state index in [1.807, 2.05) is 25.2 Å². The molecular weight excluding hydrogens is 434 g/mol. The number of pyridine rings is 1. The number of hydrogen-bond donors (Lipinski definition) is 1. The Hall–Kier alpha value is -2.24. The molecule has 176 valence electrons. The van der Waals surface area contributed by atoms with E-state index >= 15 is 0 Å². The minimum atomic E-state index is -3.60. The molecular formula is C21H31N5O5S. The maximum Gasteiger partial charge on any atom is 0.407 e. The Morgan fingerprint density at radius 3 is 2.69 bits per heavy atom. The first-order chi connectivity index (χ1) is 15.1. The van der Waals surface area contributed by atoms with Crippen LogP contribution in [0.2, 0.25) is 0 Å². The SMILES string of the molecule is CC(C)(C)OC(=O)N[C@@H]1CCC[C@H](c2nnc3cc(S(=O)(=O)N4CCOCC4)ccn23)C1. The summed E-state index contributed by atoms with van der Waals surface area (Å²) in [7, 11) is -3.60. The van der Waals surface area contributed by atoms with E-state index in [4.69, 9.17) is 9.47 Å². The van der Waals surface area contributed by atoms with Crippen LogP contribution < -0.4 is 5.32 Å². The van der Waals surface area contributed by atoms with Gasteiger partial charge < -0.3 is 14.8 Å². The van der Waals surface area contributed by atoms with E-state index in [0.717, 1.165) is 31.5 Å². The third-order valence-corrected chi connectivity index (χ3v) is 7.67. The van der Waals surface area contributed by atoms with Crippen molar-refractivity contribution in [3.8, 4) is 0 Å². The van der Waals surface area contributed by atoms with Gasteiger partial charge in [-0.05, 0) is 46.1 Å². The molecule has 2 aromatic rings. The predicted molar refractivity (Wildman–Crippen MR) is 117 cm³/mol. The quantitative estimate of drug-likeness (QED) is 0.737. The van der Waals surface area contributed by atoms with E-state index < -0.39 is 21.7 Å². The second-order valence-electron chi connectivity index (χ2n) is 9.37. The Balaban J connectivity index is 1.49. The Bertz CT molecular complexity index is 1070. The van der Waals surface area contributed by atoms with Gasteiger partial charge in [-0.3, -0.25) is 4.40 Å². The molecule has 0 spiro atoms. The number of ether oxygens (including phenoxy) is 2. The average Bonchev–Trinajstić information content (AvgIpc) is 3.16. The van der Waals surface area contributed by atoms with Crippen molar-refractivity contribution in [2.75, 3.05) is 26.3 Å². The van der Waals surface area contributed by atoms with Gasteiger partial charge in [0, 0.05) is 37.3 Å². The zero-order chi connectivity index (χ0) is 22.9. The Labute approximate surface area is 188 Å². The molecule has 2 aromatic heterocycles. The molecule has 2 fully saturated rings. The first-order valence-electron chi connectivity index (χ1n) is 11.1. The van der Waals surface area contributed by atoms with Crippen LogP contribution in [0.5, 0.6) is 0 Å². The fraction of sp³-hybridized carbons (Fsp3) is 0.667. The first-order valence-corrected chi connectivity index (χ1v) is 12.5. The molecule has 2 atom stereocenters. The fourth-order valence-electron chi connectivity index (χ4n) is 4.30. The normalized spacial score (nSPS) is 23.2. The van der Waals surface area contributed by atoms with Crippen molar-refractivity contribution in [3.63, 3.8) is 0 Å². The standard InChI is InChI=1S/C21H31N5O5S/c1-21(2,3)31-20(27)22-16-6-4-5-15(13-16)19-24-23-18-14-17(7-8-26(18)19)32(28,29)25-9-11-30-12-10-25/h7-8,14-16H,4-6,9-13H2,1-3H3,(H,22,27)/t15-,16+/m0/s1. The summed E-state index contributed by atoms with van der Waals surface area (Å²) in [6, 6.07) is 3.17. The number of hydrogen-bond acceptors (Lipinski definition) is 7. The summed E-state index contributed by atoms with van der Waals surface area (Å²) in [6.07, 6.45) is 4.81. The van der Waals surface area contributed by atoms with Gasteiger partial charge in [0.05, 0.1) is 18.1 Å². The van der Waals surface area contributed by atoms with Gasteiger partial charge >= 0.3 is 6.09 Å². The van der Waals surface area contributed by atoms with Gasteiger partial charge in [0.1, 0.15) is 11.4 Å². The van der Waals surface area contributed by atoms with Gasteiger partial charge in [0.25, 0.3) is 0 Å². The highest BCUT2D eigenvalue weighted by atomic mass is 32.2. The smallest absolute Gasteiger partial charge is 0.407 e. The van der Waals surface area contributed by atoms with Crippen molar-refractivity contribution >= 4 is 21.8 Å². The number of fused-ring (bicyclic) bond motifs is 1. The zero-order valence-corrected chi connectivity index (χ0v) is 19.6. The lowest BCUT2D eigenvalue weighted by Gasteiger charge is -2.30. The molecule has 32 heavy (non-hydrogen) atoms. The lowest BCUT2D eigenvalue weighted by Crippen LogP contribution is -2.41. The van der Waals surface area contributed by atoms with Crippen LogP contribution >= 0.6 is 0 Å². The summed E-state index contributed by atoms with van der Waals surface area (Å²) in [4.78, 5) is 12.4. The van der Waals surface area contributed by atoms with Gasteiger partial charge in [0.15, 0.2) is 5.65 Å². The van der Waals surface area contributed by atoms with E-state index in [1.54, 1.807) is 18.3 Å². The molecule has 1 amide bonds. The Kier molecular flexibility index (Phi) is 6.42. The summed E-state index contributed by atoms with van der Waals surface area (Å²) >= 11 is 0. The van der Waals surface area contributed by atoms with E-state index in [-0.39, 0.29) is 16.9 Å². The first kappa shape index (κ1) is 22.9. The highest BCUT2D eigenvalue weighted by molar-refractivity contribution is 7.89. The molecule has 10 nitrogen and oxygen atoms in total. The number of nitrogens with zero attached hydrogens (tertiary/aromatic N) is 4. The minimum Gasteiger partial charge on any atom is -0.444 e. The molecule has 1 N–H and O–H groups in total. The highest BCUT2D eigenvalue weighted by Crippen LogP contribution is 2.32.